The fourth-order valence-electron chi connectivity index (χ4n) is 2.25. The van der Waals surface area contributed by atoms with E-state index in [1.165, 1.54) is 12.8 Å². The first kappa shape index (κ1) is 13.5. The van der Waals surface area contributed by atoms with Gasteiger partial charge >= 0.3 is 0 Å². The number of hydrogen-bond donors (Lipinski definition) is 2. The van der Waals surface area contributed by atoms with Crippen LogP contribution in [0.2, 0.25) is 0 Å². The summed E-state index contributed by atoms with van der Waals surface area (Å²) >= 11 is 0. The summed E-state index contributed by atoms with van der Waals surface area (Å²) in [7, 11) is 0. The van der Waals surface area contributed by atoms with Crippen molar-refractivity contribution in [3.63, 3.8) is 0 Å². The number of carbonyl (C=O) groups is 1. The van der Waals surface area contributed by atoms with Crippen molar-refractivity contribution in [2.45, 2.75) is 45.6 Å². The molecular formula is C12H24N2O2. The fraction of sp³-hybridized carbons (Fsp3) is 0.917. The number of nitrogens with zero attached hydrogens (tertiary/aromatic N) is 1. The average Bonchev–Trinajstić information content (AvgIpc) is 2.78. The van der Waals surface area contributed by atoms with Crippen LogP contribution >= 0.6 is 0 Å². The maximum absolute atomic E-state index is 12.3. The Labute approximate surface area is 97.8 Å². The van der Waals surface area contributed by atoms with Crippen molar-refractivity contribution >= 4 is 5.91 Å². The molecule has 0 atom stereocenters. The van der Waals surface area contributed by atoms with Crippen LogP contribution in [0.1, 0.15) is 39.5 Å². The molecule has 0 aliphatic heterocycles. The van der Waals surface area contributed by atoms with Crippen molar-refractivity contribution < 1.29 is 9.90 Å². The summed E-state index contributed by atoms with van der Waals surface area (Å²) in [5.74, 6) is 0.0796. The predicted octanol–water partition coefficient (Wildman–Crippen LogP) is 0.735. The Morgan fingerprint density at radius 2 is 2.00 bits per heavy atom. The molecule has 1 rings (SSSR count). The zero-order chi connectivity index (χ0) is 12.2. The van der Waals surface area contributed by atoms with Crippen molar-refractivity contribution in [2.75, 3.05) is 19.7 Å². The standard InChI is InChI=1S/C12H24N2O2/c1-12(2,9-13)11(16)14(7-8-15)10-5-3-4-6-10/h10,15H,3-9,13H2,1-2H3. The predicted molar refractivity (Wildman–Crippen MR) is 63.9 cm³/mol. The second-order valence-electron chi connectivity index (χ2n) is 5.25. The Hall–Kier alpha value is -0.610. The maximum Gasteiger partial charge on any atom is 0.229 e. The highest BCUT2D eigenvalue weighted by Crippen LogP contribution is 2.27. The van der Waals surface area contributed by atoms with Gasteiger partial charge in [-0.15, -0.1) is 0 Å². The third-order valence-electron chi connectivity index (χ3n) is 3.46. The number of hydrogen-bond acceptors (Lipinski definition) is 3. The van der Waals surface area contributed by atoms with Crippen molar-refractivity contribution in [1.82, 2.24) is 4.90 Å². The quantitative estimate of drug-likeness (QED) is 0.729. The van der Waals surface area contributed by atoms with Crippen LogP contribution in [0.25, 0.3) is 0 Å². The summed E-state index contributed by atoms with van der Waals surface area (Å²) in [5.41, 5.74) is 5.11. The second kappa shape index (κ2) is 5.64. The molecule has 94 valence electrons. The van der Waals surface area contributed by atoms with E-state index in [1.807, 2.05) is 18.7 Å². The molecule has 3 N–H and O–H groups in total. The number of amides is 1. The van der Waals surface area contributed by atoms with Gasteiger partial charge in [0, 0.05) is 19.1 Å². The van der Waals surface area contributed by atoms with E-state index in [9.17, 15) is 4.79 Å². The molecule has 4 heteroatoms. The third kappa shape index (κ3) is 2.95. The molecule has 1 amide bonds. The Morgan fingerprint density at radius 3 is 2.44 bits per heavy atom. The number of rotatable bonds is 5. The molecule has 0 aromatic heterocycles. The normalized spacial score (nSPS) is 17.8. The van der Waals surface area contributed by atoms with Gasteiger partial charge in [-0.3, -0.25) is 4.79 Å². The van der Waals surface area contributed by atoms with Gasteiger partial charge in [-0.2, -0.15) is 0 Å². The van der Waals surface area contributed by atoms with Crippen LogP contribution in [0.15, 0.2) is 0 Å². The molecule has 0 unspecified atom stereocenters. The zero-order valence-corrected chi connectivity index (χ0v) is 10.4. The van der Waals surface area contributed by atoms with E-state index in [0.29, 0.717) is 19.1 Å². The molecule has 1 aliphatic rings. The molecule has 0 aromatic carbocycles. The molecule has 1 fully saturated rings. The topological polar surface area (TPSA) is 66.6 Å². The van der Waals surface area contributed by atoms with Crippen LogP contribution in [-0.2, 0) is 4.79 Å². The first-order valence-electron chi connectivity index (χ1n) is 6.15. The summed E-state index contributed by atoms with van der Waals surface area (Å²) in [6, 6.07) is 0.311. The van der Waals surface area contributed by atoms with E-state index in [4.69, 9.17) is 10.8 Å². The monoisotopic (exact) mass is 228 g/mol. The molecule has 16 heavy (non-hydrogen) atoms. The molecular weight excluding hydrogens is 204 g/mol. The molecule has 4 nitrogen and oxygen atoms in total. The Bertz CT molecular complexity index is 235. The summed E-state index contributed by atoms with van der Waals surface area (Å²) in [6.07, 6.45) is 4.49. The molecule has 1 aliphatic carbocycles. The largest absolute Gasteiger partial charge is 0.395 e. The summed E-state index contributed by atoms with van der Waals surface area (Å²) < 4.78 is 0. The van der Waals surface area contributed by atoms with Gasteiger partial charge in [-0.05, 0) is 26.7 Å². The van der Waals surface area contributed by atoms with Crippen molar-refractivity contribution in [3.8, 4) is 0 Å². The Balaban J connectivity index is 2.72. The van der Waals surface area contributed by atoms with Crippen LogP contribution < -0.4 is 5.73 Å². The lowest BCUT2D eigenvalue weighted by molar-refractivity contribution is -0.142. The van der Waals surface area contributed by atoms with Gasteiger partial charge in [0.15, 0.2) is 0 Å². The van der Waals surface area contributed by atoms with Gasteiger partial charge in [0.25, 0.3) is 0 Å². The SMILES string of the molecule is CC(C)(CN)C(=O)N(CCO)C1CCCC1. The van der Waals surface area contributed by atoms with Crippen molar-refractivity contribution in [1.29, 1.82) is 0 Å². The van der Waals surface area contributed by atoms with Gasteiger partial charge in [-0.25, -0.2) is 0 Å². The van der Waals surface area contributed by atoms with Gasteiger partial charge in [0.2, 0.25) is 5.91 Å². The molecule has 0 radical (unpaired) electrons. The molecule has 0 spiro atoms. The minimum Gasteiger partial charge on any atom is -0.395 e. The van der Waals surface area contributed by atoms with E-state index in [0.717, 1.165) is 12.8 Å². The molecule has 1 saturated carbocycles. The highest BCUT2D eigenvalue weighted by Gasteiger charge is 2.35. The van der Waals surface area contributed by atoms with Gasteiger partial charge in [-0.1, -0.05) is 12.8 Å². The second-order valence-corrected chi connectivity index (χ2v) is 5.25. The lowest BCUT2D eigenvalue weighted by Gasteiger charge is -2.35. The highest BCUT2D eigenvalue weighted by atomic mass is 16.3. The molecule has 0 heterocycles. The summed E-state index contributed by atoms with van der Waals surface area (Å²) in [4.78, 5) is 14.1. The lowest BCUT2D eigenvalue weighted by Crippen LogP contribution is -2.49. The summed E-state index contributed by atoms with van der Waals surface area (Å²) in [6.45, 7) is 4.56. The number of aliphatic hydroxyl groups excluding tert-OH is 1. The van der Waals surface area contributed by atoms with Crippen LogP contribution in [0.3, 0.4) is 0 Å². The zero-order valence-electron chi connectivity index (χ0n) is 10.4. The maximum atomic E-state index is 12.3. The minimum absolute atomic E-state index is 0.0306. The smallest absolute Gasteiger partial charge is 0.229 e. The van der Waals surface area contributed by atoms with E-state index in [-0.39, 0.29) is 12.5 Å². The van der Waals surface area contributed by atoms with Gasteiger partial charge in [0.1, 0.15) is 0 Å². The van der Waals surface area contributed by atoms with Crippen LogP contribution in [0, 0.1) is 5.41 Å². The van der Waals surface area contributed by atoms with E-state index in [2.05, 4.69) is 0 Å². The minimum atomic E-state index is -0.516. The van der Waals surface area contributed by atoms with Crippen molar-refractivity contribution in [3.05, 3.63) is 0 Å². The van der Waals surface area contributed by atoms with Gasteiger partial charge < -0.3 is 15.7 Å². The Kier molecular flexibility index (Phi) is 4.74. The van der Waals surface area contributed by atoms with Crippen molar-refractivity contribution in [2.24, 2.45) is 11.1 Å². The van der Waals surface area contributed by atoms with E-state index < -0.39 is 5.41 Å². The number of nitrogens with two attached hydrogens (primary N) is 1. The Morgan fingerprint density at radius 1 is 1.44 bits per heavy atom. The third-order valence-corrected chi connectivity index (χ3v) is 3.46. The number of carbonyl (C=O) groups excluding carboxylic acids is 1. The molecule has 0 saturated heterocycles. The highest BCUT2D eigenvalue weighted by molar-refractivity contribution is 5.82. The average molecular weight is 228 g/mol. The first-order valence-corrected chi connectivity index (χ1v) is 6.15. The number of aliphatic hydroxyl groups is 1. The summed E-state index contributed by atoms with van der Waals surface area (Å²) in [5, 5.41) is 9.06. The molecule has 0 bridgehead atoms. The molecule has 0 aromatic rings. The van der Waals surface area contributed by atoms with Crippen LogP contribution in [0.4, 0.5) is 0 Å². The van der Waals surface area contributed by atoms with Crippen LogP contribution in [-0.4, -0.2) is 41.7 Å². The van der Waals surface area contributed by atoms with Crippen LogP contribution in [0.5, 0.6) is 0 Å². The van der Waals surface area contributed by atoms with E-state index in [1.54, 1.807) is 0 Å². The lowest BCUT2D eigenvalue weighted by atomic mass is 9.91. The van der Waals surface area contributed by atoms with E-state index >= 15 is 0 Å². The fourth-order valence-corrected chi connectivity index (χ4v) is 2.25. The van der Waals surface area contributed by atoms with Gasteiger partial charge in [0.05, 0.1) is 12.0 Å². The first-order chi connectivity index (χ1) is 7.53.